The van der Waals surface area contributed by atoms with E-state index in [4.69, 9.17) is 0 Å². The molecule has 0 fully saturated rings. The molecule has 170 valence electrons. The number of ketones is 1. The zero-order valence-electron chi connectivity index (χ0n) is 17.7. The Labute approximate surface area is 191 Å². The van der Waals surface area contributed by atoms with E-state index in [9.17, 15) is 22.8 Å². The molecular formula is C23H22N4O5S. The van der Waals surface area contributed by atoms with Crippen molar-refractivity contribution in [2.24, 2.45) is 0 Å². The van der Waals surface area contributed by atoms with Crippen LogP contribution in [0.1, 0.15) is 33.2 Å². The Balaban J connectivity index is 1.51. The molecule has 0 radical (unpaired) electrons. The van der Waals surface area contributed by atoms with Gasteiger partial charge in [-0.15, -0.1) is 0 Å². The van der Waals surface area contributed by atoms with Gasteiger partial charge in [-0.1, -0.05) is 24.3 Å². The summed E-state index contributed by atoms with van der Waals surface area (Å²) in [6.07, 6.45) is 3.08. The van der Waals surface area contributed by atoms with Crippen molar-refractivity contribution in [2.45, 2.75) is 18.4 Å². The van der Waals surface area contributed by atoms with E-state index >= 15 is 0 Å². The highest BCUT2D eigenvalue weighted by Crippen LogP contribution is 2.12. The number of Topliss-reactive ketones (excluding diaryl/α,β-unsaturated/α-hetero) is 1. The van der Waals surface area contributed by atoms with Crippen molar-refractivity contribution in [1.29, 1.82) is 0 Å². The van der Waals surface area contributed by atoms with Gasteiger partial charge in [0.15, 0.2) is 5.78 Å². The third-order valence-corrected chi connectivity index (χ3v) is 6.03. The first-order chi connectivity index (χ1) is 15.7. The molecule has 3 rings (SSSR count). The first kappa shape index (κ1) is 23.8. The largest absolute Gasteiger partial charge is 0.343 e. The summed E-state index contributed by atoms with van der Waals surface area (Å²) in [5.41, 5.74) is 1.93. The van der Waals surface area contributed by atoms with E-state index in [1.54, 1.807) is 42.6 Å². The topological polar surface area (TPSA) is 134 Å². The van der Waals surface area contributed by atoms with E-state index in [1.165, 1.54) is 37.4 Å². The van der Waals surface area contributed by atoms with Crippen molar-refractivity contribution in [3.05, 3.63) is 89.7 Å². The quantitative estimate of drug-likeness (QED) is 0.414. The van der Waals surface area contributed by atoms with Crippen molar-refractivity contribution in [1.82, 2.24) is 15.0 Å². The van der Waals surface area contributed by atoms with Crippen LogP contribution in [-0.4, -0.2) is 37.5 Å². The molecule has 0 atom stereocenters. The van der Waals surface area contributed by atoms with E-state index in [-0.39, 0.29) is 23.8 Å². The van der Waals surface area contributed by atoms with Gasteiger partial charge in [0.05, 0.1) is 23.3 Å². The zero-order valence-corrected chi connectivity index (χ0v) is 18.6. The monoisotopic (exact) mass is 466 g/mol. The molecule has 2 aromatic carbocycles. The third-order valence-electron chi connectivity index (χ3n) is 4.61. The van der Waals surface area contributed by atoms with Crippen LogP contribution in [0.5, 0.6) is 0 Å². The number of nitrogens with zero attached hydrogens (tertiary/aromatic N) is 1. The lowest BCUT2D eigenvalue weighted by Crippen LogP contribution is -2.32. The Hall–Kier alpha value is -3.89. The SMILES string of the molecule is CC(=O)c1ccc(S(=O)(=O)NCc2ccc(C(=O)NCC(=O)Nc3cccnc3)cc2)cc1. The molecule has 3 N–H and O–H groups in total. The van der Waals surface area contributed by atoms with Gasteiger partial charge in [-0.2, -0.15) is 0 Å². The highest BCUT2D eigenvalue weighted by atomic mass is 32.2. The molecule has 0 aliphatic rings. The number of anilines is 1. The lowest BCUT2D eigenvalue weighted by Gasteiger charge is -2.09. The number of rotatable bonds is 9. The summed E-state index contributed by atoms with van der Waals surface area (Å²) in [4.78, 5) is 39.4. The number of carbonyl (C=O) groups excluding carboxylic acids is 3. The summed E-state index contributed by atoms with van der Waals surface area (Å²) in [6, 6.07) is 15.3. The number of carbonyl (C=O) groups is 3. The molecule has 0 aliphatic heterocycles. The number of benzene rings is 2. The molecule has 1 heterocycles. The molecule has 33 heavy (non-hydrogen) atoms. The van der Waals surface area contributed by atoms with Crippen LogP contribution in [0, 0.1) is 0 Å². The minimum atomic E-state index is -3.76. The molecule has 1 aromatic heterocycles. The number of hydrogen-bond acceptors (Lipinski definition) is 6. The van der Waals surface area contributed by atoms with Crippen molar-refractivity contribution < 1.29 is 22.8 Å². The summed E-state index contributed by atoms with van der Waals surface area (Å²) < 4.78 is 27.4. The molecule has 0 bridgehead atoms. The predicted octanol–water partition coefficient (Wildman–Crippen LogP) is 2.13. The number of sulfonamides is 1. The fraction of sp³-hybridized carbons (Fsp3) is 0.130. The lowest BCUT2D eigenvalue weighted by atomic mass is 10.1. The predicted molar refractivity (Wildman–Crippen MR) is 122 cm³/mol. The van der Waals surface area contributed by atoms with E-state index in [2.05, 4.69) is 20.3 Å². The second kappa shape index (κ2) is 10.6. The fourth-order valence-electron chi connectivity index (χ4n) is 2.81. The molecular weight excluding hydrogens is 444 g/mol. The molecule has 0 saturated carbocycles. The maximum absolute atomic E-state index is 12.4. The fourth-order valence-corrected chi connectivity index (χ4v) is 3.83. The minimum Gasteiger partial charge on any atom is -0.343 e. The summed E-state index contributed by atoms with van der Waals surface area (Å²) >= 11 is 0. The number of pyridine rings is 1. The highest BCUT2D eigenvalue weighted by molar-refractivity contribution is 7.89. The Kier molecular flexibility index (Phi) is 7.65. The molecule has 0 saturated heterocycles. The molecule has 0 spiro atoms. The second-order valence-corrected chi connectivity index (χ2v) is 8.84. The first-order valence-electron chi connectivity index (χ1n) is 9.92. The zero-order chi connectivity index (χ0) is 23.8. The maximum atomic E-state index is 12.4. The van der Waals surface area contributed by atoms with Crippen LogP contribution in [-0.2, 0) is 21.4 Å². The van der Waals surface area contributed by atoms with E-state index < -0.39 is 21.8 Å². The van der Waals surface area contributed by atoms with Gasteiger partial charge in [-0.3, -0.25) is 19.4 Å². The molecule has 10 heteroatoms. The summed E-state index contributed by atoms with van der Waals surface area (Å²) in [7, 11) is -3.76. The molecule has 0 unspecified atom stereocenters. The lowest BCUT2D eigenvalue weighted by molar-refractivity contribution is -0.115. The van der Waals surface area contributed by atoms with Gasteiger partial charge in [0.2, 0.25) is 15.9 Å². The van der Waals surface area contributed by atoms with E-state index in [1.807, 2.05) is 0 Å². The summed E-state index contributed by atoms with van der Waals surface area (Å²) in [6.45, 7) is 1.22. The number of aromatic nitrogens is 1. The molecule has 3 aromatic rings. The maximum Gasteiger partial charge on any atom is 0.251 e. The Bertz CT molecular complexity index is 1240. The van der Waals surface area contributed by atoms with Crippen molar-refractivity contribution in [3.63, 3.8) is 0 Å². The number of amides is 2. The highest BCUT2D eigenvalue weighted by Gasteiger charge is 2.14. The van der Waals surface area contributed by atoms with Crippen LogP contribution in [0.15, 0.2) is 78.0 Å². The standard InChI is InChI=1S/C23H22N4O5S/c1-16(28)18-8-10-21(11-9-18)33(31,32)26-13-17-4-6-19(7-5-17)23(30)25-15-22(29)27-20-3-2-12-24-14-20/h2-12,14,26H,13,15H2,1H3,(H,25,30)(H,27,29). The Morgan fingerprint density at radius 3 is 2.18 bits per heavy atom. The third kappa shape index (κ3) is 6.79. The summed E-state index contributed by atoms with van der Waals surface area (Å²) in [5, 5.41) is 5.13. The molecule has 9 nitrogen and oxygen atoms in total. The van der Waals surface area contributed by atoms with Crippen LogP contribution in [0.3, 0.4) is 0 Å². The average molecular weight is 467 g/mol. The van der Waals surface area contributed by atoms with Gasteiger partial charge < -0.3 is 10.6 Å². The van der Waals surface area contributed by atoms with Crippen molar-refractivity contribution >= 4 is 33.3 Å². The first-order valence-corrected chi connectivity index (χ1v) is 11.4. The molecule has 2 amide bonds. The number of nitrogens with one attached hydrogen (secondary N) is 3. The average Bonchev–Trinajstić information content (AvgIpc) is 2.82. The molecule has 0 aliphatic carbocycles. The van der Waals surface area contributed by atoms with Crippen LogP contribution in [0.4, 0.5) is 5.69 Å². The van der Waals surface area contributed by atoms with Gasteiger partial charge in [-0.05, 0) is 48.9 Å². The van der Waals surface area contributed by atoms with Gasteiger partial charge in [0.1, 0.15) is 0 Å². The van der Waals surface area contributed by atoms with Crippen molar-refractivity contribution in [2.75, 3.05) is 11.9 Å². The van der Waals surface area contributed by atoms with Crippen LogP contribution in [0.2, 0.25) is 0 Å². The second-order valence-electron chi connectivity index (χ2n) is 7.07. The minimum absolute atomic E-state index is 0.0200. The van der Waals surface area contributed by atoms with Gasteiger partial charge in [-0.25, -0.2) is 13.1 Å². The van der Waals surface area contributed by atoms with Gasteiger partial charge >= 0.3 is 0 Å². The number of hydrogen-bond donors (Lipinski definition) is 3. The summed E-state index contributed by atoms with van der Waals surface area (Å²) in [5.74, 6) is -0.974. The van der Waals surface area contributed by atoms with E-state index in [0.717, 1.165) is 0 Å². The van der Waals surface area contributed by atoms with E-state index in [0.29, 0.717) is 22.4 Å². The van der Waals surface area contributed by atoms with Crippen LogP contribution in [0.25, 0.3) is 0 Å². The van der Waals surface area contributed by atoms with Crippen LogP contribution < -0.4 is 15.4 Å². The smallest absolute Gasteiger partial charge is 0.251 e. The van der Waals surface area contributed by atoms with Gasteiger partial charge in [0, 0.05) is 23.9 Å². The Morgan fingerprint density at radius 1 is 0.909 bits per heavy atom. The normalized spacial score (nSPS) is 10.9. The van der Waals surface area contributed by atoms with Crippen LogP contribution >= 0.6 is 0 Å². The Morgan fingerprint density at radius 2 is 1.58 bits per heavy atom. The van der Waals surface area contributed by atoms with Gasteiger partial charge in [0.25, 0.3) is 5.91 Å². The van der Waals surface area contributed by atoms with Crippen molar-refractivity contribution in [3.8, 4) is 0 Å².